The van der Waals surface area contributed by atoms with Gasteiger partial charge >= 0.3 is 11.9 Å². The molecule has 8 aliphatic carbocycles. The molecule has 8 saturated carbocycles. The lowest BCUT2D eigenvalue weighted by Gasteiger charge is -2.63. The molecular weight excluding hydrogens is 516 g/mol. The first-order valence-corrected chi connectivity index (χ1v) is 17.0. The Morgan fingerprint density at radius 1 is 0.707 bits per heavy atom. The Bertz CT molecular complexity index is 1020. The maximum absolute atomic E-state index is 14.3. The maximum Gasteiger partial charge on any atom is 0.312 e. The van der Waals surface area contributed by atoms with E-state index < -0.39 is 33.2 Å². The summed E-state index contributed by atoms with van der Waals surface area (Å²) in [7, 11) is 0. The lowest BCUT2D eigenvalue weighted by Crippen LogP contribution is -2.67. The van der Waals surface area contributed by atoms with Crippen molar-refractivity contribution in [3.05, 3.63) is 0 Å². The summed E-state index contributed by atoms with van der Waals surface area (Å²) in [6.45, 7) is 12.2. The smallest absolute Gasteiger partial charge is 0.312 e. The van der Waals surface area contributed by atoms with E-state index in [9.17, 15) is 19.8 Å². The van der Waals surface area contributed by atoms with Gasteiger partial charge in [-0.15, -0.1) is 0 Å². The third-order valence-corrected chi connectivity index (χ3v) is 13.4. The van der Waals surface area contributed by atoms with E-state index in [-0.39, 0.29) is 23.3 Å². The molecule has 6 nitrogen and oxygen atoms in total. The number of carbonyl (C=O) groups excluding carboxylic acids is 2. The van der Waals surface area contributed by atoms with Crippen LogP contribution in [0.2, 0.25) is 0 Å². The van der Waals surface area contributed by atoms with Gasteiger partial charge in [0.15, 0.2) is 0 Å². The van der Waals surface area contributed by atoms with Crippen molar-refractivity contribution >= 4 is 11.9 Å². The Balaban J connectivity index is 1.19. The van der Waals surface area contributed by atoms with E-state index in [2.05, 4.69) is 13.8 Å². The predicted octanol–water partition coefficient (Wildman–Crippen LogP) is 6.88. The van der Waals surface area contributed by atoms with Crippen molar-refractivity contribution in [2.45, 2.75) is 167 Å². The summed E-state index contributed by atoms with van der Waals surface area (Å²) in [6.07, 6.45) is 13.5. The standard InChI is InChI=1S/C35H56O6/c1-7-30(6,28(37)41-35(8-2,9-3)31-13-23-10-24(14-31)12-25(11-23)15-31)19-29(4,5)27(36)40-34-18-26-16-32(38,21-34)20-33(39,17-26)22-34/h23-26,38-39H,7-22H2,1-6H3. The van der Waals surface area contributed by atoms with Crippen molar-refractivity contribution in [2.75, 3.05) is 0 Å². The van der Waals surface area contributed by atoms with Gasteiger partial charge in [-0.05, 0) is 128 Å². The van der Waals surface area contributed by atoms with Crippen LogP contribution in [0, 0.1) is 39.9 Å². The van der Waals surface area contributed by atoms with E-state index >= 15 is 0 Å². The van der Waals surface area contributed by atoms with Gasteiger partial charge in [-0.25, -0.2) is 0 Å². The molecule has 3 atom stereocenters. The highest BCUT2D eigenvalue weighted by Gasteiger charge is 2.65. The van der Waals surface area contributed by atoms with Gasteiger partial charge in [0, 0.05) is 24.7 Å². The van der Waals surface area contributed by atoms with Gasteiger partial charge in [-0.2, -0.15) is 0 Å². The SMILES string of the molecule is CCC(C)(CC(C)(C)C(=O)OC12CC3CC(O)(CC(O)(C3)C1)C2)C(=O)OC(CC)(CC)C12CC3CC(CC(C3)C1)C2. The van der Waals surface area contributed by atoms with Crippen LogP contribution < -0.4 is 0 Å². The van der Waals surface area contributed by atoms with E-state index in [4.69, 9.17) is 9.47 Å². The zero-order valence-corrected chi connectivity index (χ0v) is 26.7. The van der Waals surface area contributed by atoms with Crippen LogP contribution in [-0.4, -0.2) is 44.6 Å². The highest BCUT2D eigenvalue weighted by Crippen LogP contribution is 2.66. The van der Waals surface area contributed by atoms with Crippen LogP contribution in [0.25, 0.3) is 0 Å². The first-order valence-electron chi connectivity index (χ1n) is 17.0. The van der Waals surface area contributed by atoms with E-state index in [1.54, 1.807) is 0 Å². The van der Waals surface area contributed by atoms with Crippen molar-refractivity contribution in [1.82, 2.24) is 0 Å². The van der Waals surface area contributed by atoms with E-state index in [0.29, 0.717) is 51.4 Å². The molecule has 8 rings (SSSR count). The lowest BCUT2D eigenvalue weighted by molar-refractivity contribution is -0.264. The number of esters is 2. The molecule has 8 bridgehead atoms. The van der Waals surface area contributed by atoms with Gasteiger partial charge in [0.2, 0.25) is 0 Å². The molecule has 0 heterocycles. The average molecular weight is 573 g/mol. The first-order chi connectivity index (χ1) is 19.0. The molecule has 6 heteroatoms. The lowest BCUT2D eigenvalue weighted by atomic mass is 9.44. The average Bonchev–Trinajstić information content (AvgIpc) is 2.83. The first kappa shape index (κ1) is 29.9. The summed E-state index contributed by atoms with van der Waals surface area (Å²) < 4.78 is 13.1. The number of hydrogen-bond donors (Lipinski definition) is 2. The van der Waals surface area contributed by atoms with E-state index in [0.717, 1.165) is 30.6 Å². The zero-order chi connectivity index (χ0) is 29.7. The van der Waals surface area contributed by atoms with Gasteiger partial charge in [-0.3, -0.25) is 9.59 Å². The fourth-order valence-corrected chi connectivity index (χ4v) is 12.3. The highest BCUT2D eigenvalue weighted by atomic mass is 16.6. The molecule has 0 radical (unpaired) electrons. The summed E-state index contributed by atoms with van der Waals surface area (Å²) in [5.41, 5.74) is -4.84. The van der Waals surface area contributed by atoms with Gasteiger partial charge in [0.25, 0.3) is 0 Å². The Morgan fingerprint density at radius 3 is 1.66 bits per heavy atom. The molecule has 8 aliphatic rings. The number of rotatable bonds is 10. The van der Waals surface area contributed by atoms with Crippen LogP contribution in [0.5, 0.6) is 0 Å². The second-order valence-corrected chi connectivity index (χ2v) is 17.3. The molecule has 0 aliphatic heterocycles. The molecule has 0 saturated heterocycles. The highest BCUT2D eigenvalue weighted by molar-refractivity contribution is 5.81. The van der Waals surface area contributed by atoms with Crippen LogP contribution >= 0.6 is 0 Å². The molecular formula is C35H56O6. The second kappa shape index (κ2) is 9.43. The summed E-state index contributed by atoms with van der Waals surface area (Å²) in [4.78, 5) is 28.1. The summed E-state index contributed by atoms with van der Waals surface area (Å²) in [5, 5.41) is 22.4. The Labute approximate surface area is 247 Å². The summed E-state index contributed by atoms with van der Waals surface area (Å²) in [5.74, 6) is 2.02. The molecule has 3 unspecified atom stereocenters. The number of carbonyl (C=O) groups is 2. The summed E-state index contributed by atoms with van der Waals surface area (Å²) in [6, 6.07) is 0. The fraction of sp³-hybridized carbons (Fsp3) is 0.943. The van der Waals surface area contributed by atoms with Crippen molar-refractivity contribution in [3.63, 3.8) is 0 Å². The quantitative estimate of drug-likeness (QED) is 0.277. The third-order valence-electron chi connectivity index (χ3n) is 13.4. The maximum atomic E-state index is 14.3. The predicted molar refractivity (Wildman–Crippen MR) is 157 cm³/mol. The fourth-order valence-electron chi connectivity index (χ4n) is 12.3. The number of aliphatic hydroxyl groups is 2. The van der Waals surface area contributed by atoms with Gasteiger partial charge in [0.1, 0.15) is 11.2 Å². The van der Waals surface area contributed by atoms with E-state index in [1.165, 1.54) is 38.5 Å². The van der Waals surface area contributed by atoms with Gasteiger partial charge in [0.05, 0.1) is 22.0 Å². The Morgan fingerprint density at radius 2 is 1.22 bits per heavy atom. The molecule has 0 amide bonds. The van der Waals surface area contributed by atoms with Crippen LogP contribution in [0.3, 0.4) is 0 Å². The molecule has 0 aromatic heterocycles. The molecule has 0 spiro atoms. The van der Waals surface area contributed by atoms with Gasteiger partial charge < -0.3 is 19.7 Å². The topological polar surface area (TPSA) is 93.1 Å². The molecule has 8 fully saturated rings. The van der Waals surface area contributed by atoms with E-state index in [1.807, 2.05) is 27.7 Å². The molecule has 0 aromatic carbocycles. The number of ether oxygens (including phenoxy) is 2. The summed E-state index contributed by atoms with van der Waals surface area (Å²) >= 11 is 0. The Hall–Kier alpha value is -1.14. The Kier molecular flexibility index (Phi) is 6.88. The second-order valence-electron chi connectivity index (χ2n) is 17.3. The van der Waals surface area contributed by atoms with Crippen LogP contribution in [0.1, 0.15) is 144 Å². The van der Waals surface area contributed by atoms with Crippen molar-refractivity contribution in [2.24, 2.45) is 39.9 Å². The largest absolute Gasteiger partial charge is 0.458 e. The zero-order valence-electron chi connectivity index (χ0n) is 26.7. The van der Waals surface area contributed by atoms with Crippen molar-refractivity contribution < 1.29 is 29.3 Å². The molecule has 41 heavy (non-hydrogen) atoms. The van der Waals surface area contributed by atoms with Crippen molar-refractivity contribution in [3.8, 4) is 0 Å². The molecule has 0 aromatic rings. The van der Waals surface area contributed by atoms with Crippen LogP contribution in [-0.2, 0) is 19.1 Å². The normalized spacial score (nSPS) is 44.1. The monoisotopic (exact) mass is 572 g/mol. The molecule has 2 N–H and O–H groups in total. The van der Waals surface area contributed by atoms with Gasteiger partial charge in [-0.1, -0.05) is 20.8 Å². The molecule has 232 valence electrons. The minimum atomic E-state index is -0.957. The minimum absolute atomic E-state index is 0.0863. The van der Waals surface area contributed by atoms with Crippen molar-refractivity contribution in [1.29, 1.82) is 0 Å². The number of hydrogen-bond acceptors (Lipinski definition) is 6. The van der Waals surface area contributed by atoms with Crippen LogP contribution in [0.4, 0.5) is 0 Å². The minimum Gasteiger partial charge on any atom is -0.458 e. The third kappa shape index (κ3) is 4.80. The van der Waals surface area contributed by atoms with Crippen LogP contribution in [0.15, 0.2) is 0 Å².